The highest BCUT2D eigenvalue weighted by Crippen LogP contribution is 2.28. The van der Waals surface area contributed by atoms with Crippen LogP contribution in [0.4, 0.5) is 15.9 Å². The van der Waals surface area contributed by atoms with Gasteiger partial charge < -0.3 is 9.80 Å². The third-order valence-corrected chi connectivity index (χ3v) is 5.55. The lowest BCUT2D eigenvalue weighted by molar-refractivity contribution is -0.121. The minimum absolute atomic E-state index is 0.0321. The summed E-state index contributed by atoms with van der Waals surface area (Å²) < 4.78 is 13.8. The first kappa shape index (κ1) is 18.1. The van der Waals surface area contributed by atoms with Gasteiger partial charge in [0.1, 0.15) is 5.82 Å². The van der Waals surface area contributed by atoms with Crippen LogP contribution < -0.4 is 9.80 Å². The third-order valence-electron chi connectivity index (χ3n) is 5.25. The van der Waals surface area contributed by atoms with Crippen molar-refractivity contribution >= 4 is 29.0 Å². The lowest BCUT2D eigenvalue weighted by atomic mass is 10.2. The molecule has 4 rings (SSSR count). The Kier molecular flexibility index (Phi) is 5.22. The standard InChI is InChI=1S/C19H21ClFN5O/c20-15-5-4-14(13-16(15)21)26-10-6-17(19(26)27)24-8-2-9-25(12-11-24)18-3-1-7-22-23-18/h1,3-5,7,13,17H,2,6,8-12H2. The summed E-state index contributed by atoms with van der Waals surface area (Å²) in [5.41, 5.74) is 0.570. The number of hydrogen-bond donors (Lipinski definition) is 0. The molecule has 1 aromatic carbocycles. The molecule has 0 saturated carbocycles. The monoisotopic (exact) mass is 389 g/mol. The third kappa shape index (κ3) is 3.75. The van der Waals surface area contributed by atoms with Crippen LogP contribution in [0, 0.1) is 5.82 Å². The van der Waals surface area contributed by atoms with E-state index < -0.39 is 5.82 Å². The molecule has 0 N–H and O–H groups in total. The second-order valence-electron chi connectivity index (χ2n) is 6.85. The molecule has 142 valence electrons. The average Bonchev–Trinajstić information content (AvgIpc) is 2.91. The number of rotatable bonds is 3. The van der Waals surface area contributed by atoms with Gasteiger partial charge >= 0.3 is 0 Å². The van der Waals surface area contributed by atoms with Gasteiger partial charge in [-0.1, -0.05) is 11.6 Å². The van der Waals surface area contributed by atoms with E-state index in [1.807, 2.05) is 12.1 Å². The maximum absolute atomic E-state index is 13.8. The molecular weight excluding hydrogens is 369 g/mol. The Labute approximate surface area is 162 Å². The fraction of sp³-hybridized carbons (Fsp3) is 0.421. The van der Waals surface area contributed by atoms with Crippen LogP contribution in [0.25, 0.3) is 0 Å². The number of halogens is 2. The molecule has 1 aromatic heterocycles. The summed E-state index contributed by atoms with van der Waals surface area (Å²) in [5.74, 6) is 0.403. The van der Waals surface area contributed by atoms with E-state index in [0.29, 0.717) is 12.2 Å². The van der Waals surface area contributed by atoms with Crippen LogP contribution in [0.1, 0.15) is 12.8 Å². The molecule has 0 spiro atoms. The minimum atomic E-state index is -0.500. The normalized spacial score (nSPS) is 21.6. The number of hydrogen-bond acceptors (Lipinski definition) is 5. The zero-order valence-corrected chi connectivity index (χ0v) is 15.6. The molecular formula is C19H21ClFN5O. The summed E-state index contributed by atoms with van der Waals surface area (Å²) in [6, 6.07) is 8.21. The van der Waals surface area contributed by atoms with Gasteiger partial charge in [0.05, 0.1) is 11.1 Å². The quantitative estimate of drug-likeness (QED) is 0.807. The fourth-order valence-electron chi connectivity index (χ4n) is 3.85. The second-order valence-corrected chi connectivity index (χ2v) is 7.26. The average molecular weight is 390 g/mol. The first-order valence-electron chi connectivity index (χ1n) is 9.16. The van der Waals surface area contributed by atoms with Crippen LogP contribution in [0.3, 0.4) is 0 Å². The SMILES string of the molecule is O=C1C(N2CCCN(c3cccnn3)CC2)CCN1c1ccc(Cl)c(F)c1. The molecule has 0 aliphatic carbocycles. The molecule has 2 aliphatic rings. The summed E-state index contributed by atoms with van der Waals surface area (Å²) >= 11 is 5.76. The van der Waals surface area contributed by atoms with Gasteiger partial charge in [-0.15, -0.1) is 5.10 Å². The smallest absolute Gasteiger partial charge is 0.244 e. The minimum Gasteiger partial charge on any atom is -0.354 e. The van der Waals surface area contributed by atoms with Crippen LogP contribution >= 0.6 is 11.6 Å². The Bertz CT molecular complexity index is 821. The van der Waals surface area contributed by atoms with Crippen molar-refractivity contribution in [2.75, 3.05) is 42.5 Å². The predicted molar refractivity (Wildman–Crippen MR) is 103 cm³/mol. The number of amides is 1. The van der Waals surface area contributed by atoms with Crippen LogP contribution in [0.15, 0.2) is 36.5 Å². The van der Waals surface area contributed by atoms with E-state index in [4.69, 9.17) is 11.6 Å². The molecule has 6 nitrogen and oxygen atoms in total. The van der Waals surface area contributed by atoms with Gasteiger partial charge in [0, 0.05) is 44.6 Å². The van der Waals surface area contributed by atoms with Crippen molar-refractivity contribution in [1.29, 1.82) is 0 Å². The van der Waals surface area contributed by atoms with Gasteiger partial charge in [-0.2, -0.15) is 5.10 Å². The Morgan fingerprint density at radius 3 is 2.78 bits per heavy atom. The van der Waals surface area contributed by atoms with E-state index in [1.165, 1.54) is 12.1 Å². The largest absolute Gasteiger partial charge is 0.354 e. The molecule has 27 heavy (non-hydrogen) atoms. The number of anilines is 2. The molecule has 8 heteroatoms. The summed E-state index contributed by atoms with van der Waals surface area (Å²) in [4.78, 5) is 19.1. The molecule has 1 unspecified atom stereocenters. The number of nitrogens with zero attached hydrogens (tertiary/aromatic N) is 5. The number of carbonyl (C=O) groups is 1. The van der Waals surface area contributed by atoms with Gasteiger partial charge in [-0.25, -0.2) is 4.39 Å². The Balaban J connectivity index is 1.43. The highest BCUT2D eigenvalue weighted by Gasteiger charge is 2.37. The number of benzene rings is 1. The highest BCUT2D eigenvalue weighted by atomic mass is 35.5. The molecule has 3 heterocycles. The van der Waals surface area contributed by atoms with Crippen LogP contribution in [0.5, 0.6) is 0 Å². The maximum atomic E-state index is 13.8. The molecule has 0 bridgehead atoms. The van der Waals surface area contributed by atoms with Crippen LogP contribution in [0.2, 0.25) is 5.02 Å². The summed E-state index contributed by atoms with van der Waals surface area (Å²) in [7, 11) is 0. The van der Waals surface area contributed by atoms with Gasteiger partial charge in [0.25, 0.3) is 0 Å². The van der Waals surface area contributed by atoms with Crippen LogP contribution in [-0.4, -0.2) is 59.8 Å². The summed E-state index contributed by atoms with van der Waals surface area (Å²) in [5, 5.41) is 8.20. The van der Waals surface area contributed by atoms with Gasteiger partial charge in [0.15, 0.2) is 5.82 Å². The molecule has 2 fully saturated rings. The topological polar surface area (TPSA) is 52.6 Å². The molecule has 1 atom stereocenters. The van der Waals surface area contributed by atoms with Crippen molar-refractivity contribution in [1.82, 2.24) is 15.1 Å². The van der Waals surface area contributed by atoms with E-state index in [2.05, 4.69) is 20.0 Å². The summed E-state index contributed by atoms with van der Waals surface area (Å²) in [6.07, 6.45) is 3.36. The Hall–Kier alpha value is -2.25. The van der Waals surface area contributed by atoms with Gasteiger partial charge in [0.2, 0.25) is 5.91 Å². The van der Waals surface area contributed by atoms with Crippen molar-refractivity contribution in [3.8, 4) is 0 Å². The Morgan fingerprint density at radius 2 is 2.00 bits per heavy atom. The van der Waals surface area contributed by atoms with Crippen molar-refractivity contribution in [3.05, 3.63) is 47.4 Å². The van der Waals surface area contributed by atoms with Crippen molar-refractivity contribution in [2.24, 2.45) is 0 Å². The number of aromatic nitrogens is 2. The van der Waals surface area contributed by atoms with Gasteiger partial charge in [-0.05, 0) is 43.2 Å². The van der Waals surface area contributed by atoms with Crippen molar-refractivity contribution < 1.29 is 9.18 Å². The van der Waals surface area contributed by atoms with E-state index >= 15 is 0 Å². The molecule has 0 radical (unpaired) electrons. The van der Waals surface area contributed by atoms with Crippen LogP contribution in [-0.2, 0) is 4.79 Å². The lowest BCUT2D eigenvalue weighted by Crippen LogP contribution is -2.43. The van der Waals surface area contributed by atoms with E-state index in [-0.39, 0.29) is 17.0 Å². The maximum Gasteiger partial charge on any atom is 0.244 e. The van der Waals surface area contributed by atoms with Crippen molar-refractivity contribution in [2.45, 2.75) is 18.9 Å². The van der Waals surface area contributed by atoms with E-state index in [9.17, 15) is 9.18 Å². The molecule has 2 aliphatic heterocycles. The fourth-order valence-corrected chi connectivity index (χ4v) is 3.97. The Morgan fingerprint density at radius 1 is 1.11 bits per heavy atom. The number of carbonyl (C=O) groups excluding carboxylic acids is 1. The zero-order chi connectivity index (χ0) is 18.8. The van der Waals surface area contributed by atoms with Crippen molar-refractivity contribution in [3.63, 3.8) is 0 Å². The van der Waals surface area contributed by atoms with E-state index in [0.717, 1.165) is 44.8 Å². The van der Waals surface area contributed by atoms with E-state index in [1.54, 1.807) is 17.2 Å². The molecule has 2 saturated heterocycles. The highest BCUT2D eigenvalue weighted by molar-refractivity contribution is 6.30. The lowest BCUT2D eigenvalue weighted by Gasteiger charge is -2.27. The molecule has 1 amide bonds. The first-order chi connectivity index (χ1) is 13.1. The van der Waals surface area contributed by atoms with Gasteiger partial charge in [-0.3, -0.25) is 9.69 Å². The second kappa shape index (κ2) is 7.78. The predicted octanol–water partition coefficient (Wildman–Crippen LogP) is 2.59. The summed E-state index contributed by atoms with van der Waals surface area (Å²) in [6.45, 7) is 3.93. The zero-order valence-electron chi connectivity index (χ0n) is 14.9. The first-order valence-corrected chi connectivity index (χ1v) is 9.54. The molecule has 2 aromatic rings.